The minimum atomic E-state index is 0.577. The molecule has 1 aromatic carbocycles. The summed E-state index contributed by atoms with van der Waals surface area (Å²) in [5.74, 6) is 0.577. The Kier molecular flexibility index (Phi) is 3.30. The van der Waals surface area contributed by atoms with E-state index >= 15 is 0 Å². The van der Waals surface area contributed by atoms with Crippen molar-refractivity contribution in [3.63, 3.8) is 0 Å². The summed E-state index contributed by atoms with van der Waals surface area (Å²) in [6, 6.07) is 15.6. The van der Waals surface area contributed by atoms with Gasteiger partial charge < -0.3 is 4.84 Å². The standard InChI is InChI=1S/C12H12N2O/c1-2-6-11(7-3-1)10-14-15-12-8-4-5-9-13-12/h1-9,14H,10H2. The average Bonchev–Trinajstić information content (AvgIpc) is 2.32. The Morgan fingerprint density at radius 2 is 1.80 bits per heavy atom. The van der Waals surface area contributed by atoms with E-state index in [0.717, 1.165) is 0 Å². The Morgan fingerprint density at radius 1 is 1.00 bits per heavy atom. The molecular weight excluding hydrogens is 188 g/mol. The van der Waals surface area contributed by atoms with Crippen LogP contribution >= 0.6 is 0 Å². The normalized spacial score (nSPS) is 9.87. The Bertz CT molecular complexity index is 349. The van der Waals surface area contributed by atoms with Crippen molar-refractivity contribution >= 4 is 0 Å². The lowest BCUT2D eigenvalue weighted by atomic mass is 10.2. The second kappa shape index (κ2) is 5.12. The number of nitrogens with one attached hydrogen (secondary N) is 1. The predicted octanol–water partition coefficient (Wildman–Crippen LogP) is 2.17. The largest absolute Gasteiger partial charge is 0.388 e. The van der Waals surface area contributed by atoms with E-state index < -0.39 is 0 Å². The minimum absolute atomic E-state index is 0.577. The summed E-state index contributed by atoms with van der Waals surface area (Å²) in [5, 5.41) is 0. The van der Waals surface area contributed by atoms with Gasteiger partial charge in [0.1, 0.15) is 0 Å². The van der Waals surface area contributed by atoms with Gasteiger partial charge in [0, 0.05) is 12.3 Å². The van der Waals surface area contributed by atoms with Gasteiger partial charge in [0.25, 0.3) is 0 Å². The number of hydrogen-bond donors (Lipinski definition) is 1. The van der Waals surface area contributed by atoms with Crippen LogP contribution in [0.1, 0.15) is 5.56 Å². The van der Waals surface area contributed by atoms with E-state index in [0.29, 0.717) is 12.4 Å². The Hall–Kier alpha value is -1.87. The number of aromatic nitrogens is 1. The predicted molar refractivity (Wildman–Crippen MR) is 58.1 cm³/mol. The Labute approximate surface area is 88.7 Å². The first kappa shape index (κ1) is 9.68. The second-order valence-electron chi connectivity index (χ2n) is 3.08. The van der Waals surface area contributed by atoms with Crippen molar-refractivity contribution in [3.8, 4) is 5.88 Å². The summed E-state index contributed by atoms with van der Waals surface area (Å²) in [5.41, 5.74) is 4.03. The molecule has 76 valence electrons. The van der Waals surface area contributed by atoms with Gasteiger partial charge in [0.05, 0.1) is 6.54 Å². The monoisotopic (exact) mass is 200 g/mol. The molecule has 1 aromatic heterocycles. The molecule has 0 unspecified atom stereocenters. The molecule has 0 atom stereocenters. The molecule has 0 aliphatic carbocycles. The van der Waals surface area contributed by atoms with E-state index in [2.05, 4.69) is 10.5 Å². The third kappa shape index (κ3) is 3.07. The zero-order valence-electron chi connectivity index (χ0n) is 8.26. The summed E-state index contributed by atoms with van der Waals surface area (Å²) in [7, 11) is 0. The lowest BCUT2D eigenvalue weighted by Gasteiger charge is -2.05. The summed E-state index contributed by atoms with van der Waals surface area (Å²) in [6.45, 7) is 0.664. The smallest absolute Gasteiger partial charge is 0.237 e. The molecule has 0 saturated carbocycles. The van der Waals surface area contributed by atoms with E-state index in [4.69, 9.17) is 4.84 Å². The van der Waals surface area contributed by atoms with Crippen molar-refractivity contribution in [1.29, 1.82) is 0 Å². The van der Waals surface area contributed by atoms with Crippen molar-refractivity contribution in [2.24, 2.45) is 0 Å². The molecule has 0 radical (unpaired) electrons. The van der Waals surface area contributed by atoms with Crippen molar-refractivity contribution in [1.82, 2.24) is 10.5 Å². The van der Waals surface area contributed by atoms with E-state index in [9.17, 15) is 0 Å². The van der Waals surface area contributed by atoms with Crippen LogP contribution in [0.5, 0.6) is 5.88 Å². The maximum Gasteiger partial charge on any atom is 0.237 e. The topological polar surface area (TPSA) is 34.1 Å². The number of rotatable bonds is 4. The molecule has 1 N–H and O–H groups in total. The quantitative estimate of drug-likeness (QED) is 0.768. The SMILES string of the molecule is c1ccc(CNOc2ccccn2)cc1. The van der Waals surface area contributed by atoms with Crippen LogP contribution in [0.2, 0.25) is 0 Å². The van der Waals surface area contributed by atoms with Crippen LogP contribution in [-0.4, -0.2) is 4.98 Å². The molecule has 0 aliphatic heterocycles. The van der Waals surface area contributed by atoms with Crippen molar-refractivity contribution in [2.75, 3.05) is 0 Å². The molecule has 0 spiro atoms. The van der Waals surface area contributed by atoms with Gasteiger partial charge in [-0.05, 0) is 11.6 Å². The summed E-state index contributed by atoms with van der Waals surface area (Å²) in [6.07, 6.45) is 1.69. The molecule has 2 aromatic rings. The fraction of sp³-hybridized carbons (Fsp3) is 0.0833. The van der Waals surface area contributed by atoms with Crippen LogP contribution in [-0.2, 0) is 6.54 Å². The number of pyridine rings is 1. The van der Waals surface area contributed by atoms with E-state index in [1.165, 1.54) is 5.56 Å². The number of benzene rings is 1. The summed E-state index contributed by atoms with van der Waals surface area (Å²) >= 11 is 0. The summed E-state index contributed by atoms with van der Waals surface area (Å²) < 4.78 is 0. The molecular formula is C12H12N2O. The molecule has 0 amide bonds. The third-order valence-electron chi connectivity index (χ3n) is 1.93. The van der Waals surface area contributed by atoms with Crippen molar-refractivity contribution in [2.45, 2.75) is 6.54 Å². The Balaban J connectivity index is 1.81. The van der Waals surface area contributed by atoms with Gasteiger partial charge in [0.15, 0.2) is 0 Å². The zero-order valence-corrected chi connectivity index (χ0v) is 8.26. The number of hydrogen-bond acceptors (Lipinski definition) is 3. The van der Waals surface area contributed by atoms with Gasteiger partial charge in [-0.1, -0.05) is 36.4 Å². The van der Waals surface area contributed by atoms with Crippen LogP contribution in [0.15, 0.2) is 54.7 Å². The minimum Gasteiger partial charge on any atom is -0.388 e. The lowest BCUT2D eigenvalue weighted by Crippen LogP contribution is -2.18. The van der Waals surface area contributed by atoms with E-state index in [-0.39, 0.29) is 0 Å². The van der Waals surface area contributed by atoms with Crippen LogP contribution < -0.4 is 10.3 Å². The van der Waals surface area contributed by atoms with Gasteiger partial charge in [-0.2, -0.15) is 5.48 Å². The molecule has 1 heterocycles. The molecule has 0 bridgehead atoms. The molecule has 3 heteroatoms. The first-order valence-electron chi connectivity index (χ1n) is 4.80. The van der Waals surface area contributed by atoms with Crippen LogP contribution in [0.25, 0.3) is 0 Å². The zero-order chi connectivity index (χ0) is 10.3. The highest BCUT2D eigenvalue weighted by molar-refractivity contribution is 5.14. The third-order valence-corrected chi connectivity index (χ3v) is 1.93. The highest BCUT2D eigenvalue weighted by Gasteiger charge is 1.93. The maximum atomic E-state index is 5.25. The fourth-order valence-electron chi connectivity index (χ4n) is 1.20. The van der Waals surface area contributed by atoms with Crippen LogP contribution in [0.4, 0.5) is 0 Å². The maximum absolute atomic E-state index is 5.25. The van der Waals surface area contributed by atoms with Gasteiger partial charge in [-0.25, -0.2) is 4.98 Å². The fourth-order valence-corrected chi connectivity index (χ4v) is 1.20. The van der Waals surface area contributed by atoms with Crippen LogP contribution in [0, 0.1) is 0 Å². The van der Waals surface area contributed by atoms with E-state index in [1.54, 1.807) is 12.3 Å². The lowest BCUT2D eigenvalue weighted by molar-refractivity contribution is 0.182. The molecule has 0 fully saturated rings. The summed E-state index contributed by atoms with van der Waals surface area (Å²) in [4.78, 5) is 9.27. The van der Waals surface area contributed by atoms with Gasteiger partial charge in [0.2, 0.25) is 5.88 Å². The van der Waals surface area contributed by atoms with Crippen molar-refractivity contribution in [3.05, 3.63) is 60.3 Å². The highest BCUT2D eigenvalue weighted by atomic mass is 16.7. The average molecular weight is 200 g/mol. The van der Waals surface area contributed by atoms with E-state index in [1.807, 2.05) is 42.5 Å². The van der Waals surface area contributed by atoms with Crippen LogP contribution in [0.3, 0.4) is 0 Å². The molecule has 0 saturated heterocycles. The molecule has 3 nitrogen and oxygen atoms in total. The second-order valence-corrected chi connectivity index (χ2v) is 3.08. The number of nitrogens with zero attached hydrogens (tertiary/aromatic N) is 1. The first-order valence-corrected chi connectivity index (χ1v) is 4.80. The molecule has 15 heavy (non-hydrogen) atoms. The van der Waals surface area contributed by atoms with Gasteiger partial charge in [-0.15, -0.1) is 0 Å². The first-order chi connectivity index (χ1) is 7.45. The Morgan fingerprint density at radius 3 is 2.53 bits per heavy atom. The van der Waals surface area contributed by atoms with Gasteiger partial charge >= 0.3 is 0 Å². The molecule has 0 aliphatic rings. The highest BCUT2D eigenvalue weighted by Crippen LogP contribution is 2.02. The van der Waals surface area contributed by atoms with Gasteiger partial charge in [-0.3, -0.25) is 0 Å². The van der Waals surface area contributed by atoms with Crippen molar-refractivity contribution < 1.29 is 4.84 Å². The number of hydroxylamine groups is 1. The molecule has 2 rings (SSSR count).